The largest absolute Gasteiger partial charge is 0.462 e. The topological polar surface area (TPSA) is 213 Å². The number of nitrogen functional groups attached to an aromatic ring is 1. The van der Waals surface area contributed by atoms with E-state index in [2.05, 4.69) is 20.0 Å². The average molecular weight is 567 g/mol. The number of aliphatic hydroxyl groups excluding tert-OH is 2. The third-order valence-electron chi connectivity index (χ3n) is 5.89. The molecule has 2 aromatic heterocycles. The van der Waals surface area contributed by atoms with Crippen LogP contribution in [0.2, 0.25) is 0 Å². The quantitative estimate of drug-likeness (QED) is 0.160. The molecule has 1 unspecified atom stereocenters. The highest BCUT2D eigenvalue weighted by Gasteiger charge is 2.46. The van der Waals surface area contributed by atoms with Crippen molar-refractivity contribution in [1.82, 2.24) is 24.6 Å². The van der Waals surface area contributed by atoms with Crippen molar-refractivity contribution in [3.8, 4) is 5.75 Å². The van der Waals surface area contributed by atoms with Crippen LogP contribution in [0.3, 0.4) is 0 Å². The molecular weight excluding hydrogens is 535 g/mol. The summed E-state index contributed by atoms with van der Waals surface area (Å²) in [7, 11) is -4.22. The first-order valence-corrected chi connectivity index (χ1v) is 13.7. The molecule has 0 aliphatic carbocycles. The maximum Gasteiger partial charge on any atom is 0.459 e. The molecule has 0 spiro atoms. The Bertz CT molecular complexity index is 1400. The summed E-state index contributed by atoms with van der Waals surface area (Å²) >= 11 is 0. The fraction of sp³-hybridized carbons (Fsp3) is 0.478. The lowest BCUT2D eigenvalue weighted by Crippen LogP contribution is -2.37. The van der Waals surface area contributed by atoms with Gasteiger partial charge >= 0.3 is 13.7 Å². The van der Waals surface area contributed by atoms with Crippen LogP contribution in [0.25, 0.3) is 11.2 Å². The van der Waals surface area contributed by atoms with Crippen LogP contribution < -0.4 is 20.9 Å². The maximum atomic E-state index is 13.8. The minimum atomic E-state index is -4.22. The number of ether oxygens (including phenoxy) is 2. The minimum Gasteiger partial charge on any atom is -0.462 e. The molecule has 3 aromatic rings. The van der Waals surface area contributed by atoms with E-state index >= 15 is 0 Å². The smallest absolute Gasteiger partial charge is 0.459 e. The van der Waals surface area contributed by atoms with Gasteiger partial charge in [-0.1, -0.05) is 18.2 Å². The minimum absolute atomic E-state index is 0.0209. The standard InChI is InChI=1S/C23H31N6O9P/c1-12(2)36-22(33)13(3)28-39(34,38-14-7-5-4-6-8-14)35-10-16-15(9-30)18(31)21(37-16)29-11-25-17-19(29)26-23(24)27-20(17)32/h4-8,11-13,15-16,18,21,30-31H,9-10H2,1-3H3,(H,28,34)(H3,24,26,27,32)/t13-,15-,16-,18-,21-,39?/m1/s1. The van der Waals surface area contributed by atoms with E-state index in [1.807, 2.05) is 0 Å². The van der Waals surface area contributed by atoms with E-state index in [4.69, 9.17) is 24.3 Å². The molecule has 1 aliphatic heterocycles. The van der Waals surface area contributed by atoms with Crippen LogP contribution in [0, 0.1) is 5.92 Å². The van der Waals surface area contributed by atoms with Crippen molar-refractivity contribution in [3.05, 3.63) is 47.0 Å². The van der Waals surface area contributed by atoms with E-state index in [-0.39, 0.29) is 22.9 Å². The summed E-state index contributed by atoms with van der Waals surface area (Å²) in [4.78, 5) is 34.9. The zero-order valence-corrected chi connectivity index (χ0v) is 22.4. The van der Waals surface area contributed by atoms with Gasteiger partial charge in [0.2, 0.25) is 5.95 Å². The normalized spacial score (nSPS) is 23.5. The summed E-state index contributed by atoms with van der Waals surface area (Å²) in [6.45, 7) is 3.88. The predicted octanol–water partition coefficient (Wildman–Crippen LogP) is 0.702. The number of hydrogen-bond acceptors (Lipinski definition) is 12. The van der Waals surface area contributed by atoms with Crippen LogP contribution >= 0.6 is 7.75 Å². The van der Waals surface area contributed by atoms with E-state index in [1.165, 1.54) is 17.8 Å². The molecule has 212 valence electrons. The van der Waals surface area contributed by atoms with Crippen molar-refractivity contribution in [1.29, 1.82) is 0 Å². The van der Waals surface area contributed by atoms with Gasteiger partial charge in [-0.2, -0.15) is 10.1 Å². The molecule has 6 atom stereocenters. The van der Waals surface area contributed by atoms with E-state index < -0.39 is 69.0 Å². The second-order valence-corrected chi connectivity index (χ2v) is 10.9. The summed E-state index contributed by atoms with van der Waals surface area (Å²) < 4.78 is 37.5. The number of nitrogens with zero attached hydrogens (tertiary/aromatic N) is 3. The molecule has 1 aliphatic rings. The van der Waals surface area contributed by atoms with Gasteiger partial charge in [0.1, 0.15) is 17.9 Å². The number of rotatable bonds is 11. The van der Waals surface area contributed by atoms with Gasteiger partial charge in [0, 0.05) is 5.92 Å². The number of nitrogens with two attached hydrogens (primary N) is 1. The highest BCUT2D eigenvalue weighted by atomic mass is 31.2. The first-order valence-electron chi connectivity index (χ1n) is 12.2. The fourth-order valence-corrected chi connectivity index (χ4v) is 5.55. The molecule has 1 fully saturated rings. The zero-order chi connectivity index (χ0) is 28.3. The van der Waals surface area contributed by atoms with Crippen LogP contribution in [0.1, 0.15) is 27.0 Å². The monoisotopic (exact) mass is 566 g/mol. The van der Waals surface area contributed by atoms with Crippen LogP contribution in [-0.4, -0.2) is 73.3 Å². The number of aromatic nitrogens is 4. The molecule has 0 saturated carbocycles. The predicted molar refractivity (Wildman–Crippen MR) is 138 cm³/mol. The number of hydrogen-bond donors (Lipinski definition) is 5. The number of para-hydroxylation sites is 1. The van der Waals surface area contributed by atoms with Crippen LogP contribution in [0.5, 0.6) is 5.75 Å². The average Bonchev–Trinajstić information content (AvgIpc) is 3.43. The molecule has 6 N–H and O–H groups in total. The number of imidazole rings is 1. The Morgan fingerprint density at radius 1 is 1.31 bits per heavy atom. The number of aliphatic hydroxyl groups is 2. The van der Waals surface area contributed by atoms with Crippen molar-refractivity contribution >= 4 is 30.8 Å². The fourth-order valence-electron chi connectivity index (χ4n) is 4.05. The third kappa shape index (κ3) is 6.46. The number of aromatic amines is 1. The second kappa shape index (κ2) is 11.8. The molecule has 3 heterocycles. The Balaban J connectivity index is 1.55. The molecule has 4 rings (SSSR count). The SMILES string of the molecule is CC(C)OC(=O)[C@@H](C)NP(=O)(OC[C@H]1O[C@@H](n2cnc3c(=O)[nH]c(N)nc32)[C@H](O)[C@@H]1CO)Oc1ccccc1. The number of esters is 1. The molecule has 39 heavy (non-hydrogen) atoms. The van der Waals surface area contributed by atoms with E-state index in [0.717, 1.165) is 0 Å². The first kappa shape index (κ1) is 28.7. The molecule has 1 saturated heterocycles. The Labute approximate surface area is 222 Å². The molecule has 1 aromatic carbocycles. The van der Waals surface area contributed by atoms with E-state index in [9.17, 15) is 24.4 Å². The van der Waals surface area contributed by atoms with Crippen molar-refractivity contribution in [2.45, 2.75) is 51.4 Å². The highest BCUT2D eigenvalue weighted by Crippen LogP contribution is 2.46. The summed E-state index contributed by atoms with van der Waals surface area (Å²) in [6.07, 6.45) is -2.54. The maximum absolute atomic E-state index is 13.8. The summed E-state index contributed by atoms with van der Waals surface area (Å²) in [5.41, 5.74) is 5.13. The molecular formula is C23H31N6O9P. The van der Waals surface area contributed by atoms with Crippen LogP contribution in [0.15, 0.2) is 41.5 Å². The number of carbonyl (C=O) groups excluding carboxylic acids is 1. The van der Waals surface area contributed by atoms with Crippen LogP contribution in [0.4, 0.5) is 5.95 Å². The van der Waals surface area contributed by atoms with Gasteiger partial charge in [-0.25, -0.2) is 9.55 Å². The van der Waals surface area contributed by atoms with Crippen molar-refractivity contribution in [2.24, 2.45) is 5.92 Å². The Hall–Kier alpha value is -3.33. The Morgan fingerprint density at radius 3 is 2.69 bits per heavy atom. The lowest BCUT2D eigenvalue weighted by Gasteiger charge is -2.25. The summed E-state index contributed by atoms with van der Waals surface area (Å²) in [5.74, 6) is -1.50. The molecule has 0 amide bonds. The number of fused-ring (bicyclic) bond motifs is 1. The Morgan fingerprint density at radius 2 is 2.03 bits per heavy atom. The number of H-pyrrole nitrogens is 1. The lowest BCUT2D eigenvalue weighted by atomic mass is 9.99. The number of anilines is 1. The highest BCUT2D eigenvalue weighted by molar-refractivity contribution is 7.52. The van der Waals surface area contributed by atoms with Gasteiger partial charge in [-0.05, 0) is 32.9 Å². The lowest BCUT2D eigenvalue weighted by molar-refractivity contribution is -0.149. The zero-order valence-electron chi connectivity index (χ0n) is 21.5. The number of nitrogens with one attached hydrogen (secondary N) is 2. The van der Waals surface area contributed by atoms with Gasteiger partial charge in [0.05, 0.1) is 31.7 Å². The van der Waals surface area contributed by atoms with Gasteiger partial charge < -0.3 is 29.9 Å². The van der Waals surface area contributed by atoms with Gasteiger partial charge in [-0.3, -0.25) is 23.7 Å². The number of carbonyl (C=O) groups is 1. The van der Waals surface area contributed by atoms with Crippen molar-refractivity contribution in [3.63, 3.8) is 0 Å². The first-order chi connectivity index (χ1) is 18.5. The van der Waals surface area contributed by atoms with Crippen LogP contribution in [-0.2, 0) is 23.4 Å². The molecule has 0 bridgehead atoms. The number of benzene rings is 1. The van der Waals surface area contributed by atoms with Gasteiger partial charge in [0.25, 0.3) is 5.56 Å². The van der Waals surface area contributed by atoms with E-state index in [1.54, 1.807) is 44.2 Å². The van der Waals surface area contributed by atoms with E-state index in [0.29, 0.717) is 0 Å². The molecule has 0 radical (unpaired) electrons. The molecule has 16 heteroatoms. The Kier molecular flexibility index (Phi) is 8.69. The second-order valence-electron chi connectivity index (χ2n) is 9.21. The molecule has 15 nitrogen and oxygen atoms in total. The van der Waals surface area contributed by atoms with Crippen molar-refractivity contribution in [2.75, 3.05) is 18.9 Å². The summed E-state index contributed by atoms with van der Waals surface area (Å²) in [6, 6.07) is 7.12. The third-order valence-corrected chi connectivity index (χ3v) is 7.54. The summed E-state index contributed by atoms with van der Waals surface area (Å²) in [5, 5.41) is 23.5. The van der Waals surface area contributed by atoms with Gasteiger partial charge in [-0.15, -0.1) is 0 Å². The van der Waals surface area contributed by atoms with Crippen molar-refractivity contribution < 1.29 is 38.1 Å². The van der Waals surface area contributed by atoms with Gasteiger partial charge in [0.15, 0.2) is 17.4 Å².